The highest BCUT2D eigenvalue weighted by Crippen LogP contribution is 2.17. The monoisotopic (exact) mass is 230 g/mol. The number of aromatic nitrogens is 3. The maximum atomic E-state index is 4.37. The van der Waals surface area contributed by atoms with Crippen molar-refractivity contribution in [2.45, 2.75) is 25.8 Å². The molecule has 4 heteroatoms. The summed E-state index contributed by atoms with van der Waals surface area (Å²) in [7, 11) is 0. The van der Waals surface area contributed by atoms with E-state index in [0.29, 0.717) is 0 Å². The predicted octanol–water partition coefficient (Wildman–Crippen LogP) is 1.82. The number of imidazole rings is 1. The van der Waals surface area contributed by atoms with Gasteiger partial charge in [-0.2, -0.15) is 0 Å². The molecule has 0 aliphatic carbocycles. The Kier molecular flexibility index (Phi) is 3.05. The fraction of sp³-hybridized carbons (Fsp3) is 0.538. The summed E-state index contributed by atoms with van der Waals surface area (Å²) in [6.45, 7) is 3.43. The number of fused-ring (bicyclic) bond motifs is 1. The minimum atomic E-state index is 0.822. The first-order valence-electron chi connectivity index (χ1n) is 6.39. The fourth-order valence-corrected chi connectivity index (χ4v) is 2.59. The molecule has 0 spiro atoms. The largest absolute Gasteiger partial charge is 0.330 e. The molecule has 17 heavy (non-hydrogen) atoms. The second kappa shape index (κ2) is 4.84. The number of hydrogen-bond acceptors (Lipinski definition) is 3. The van der Waals surface area contributed by atoms with Gasteiger partial charge in [0.15, 0.2) is 0 Å². The first-order chi connectivity index (χ1) is 8.43. The Balaban J connectivity index is 1.68. The smallest absolute Gasteiger partial charge is 0.107 e. The van der Waals surface area contributed by atoms with Gasteiger partial charge in [0.2, 0.25) is 0 Å². The molecule has 2 aromatic heterocycles. The van der Waals surface area contributed by atoms with Crippen LogP contribution in [0.1, 0.15) is 19.3 Å². The van der Waals surface area contributed by atoms with E-state index in [1.54, 1.807) is 0 Å². The minimum absolute atomic E-state index is 0.822. The fourth-order valence-electron chi connectivity index (χ4n) is 2.59. The number of nitrogens with zero attached hydrogens (tertiary/aromatic N) is 3. The Labute approximate surface area is 101 Å². The van der Waals surface area contributed by atoms with Gasteiger partial charge in [0, 0.05) is 12.7 Å². The van der Waals surface area contributed by atoms with E-state index in [1.807, 2.05) is 24.8 Å². The van der Waals surface area contributed by atoms with E-state index >= 15 is 0 Å². The summed E-state index contributed by atoms with van der Waals surface area (Å²) in [6, 6.07) is 2.04. The third-order valence-electron chi connectivity index (χ3n) is 3.60. The standard InChI is InChI=1S/C13H18N4/c1-2-11(8-14-5-1)4-7-17-10-16-12-9-15-6-3-13(12)17/h3,6,9-11,14H,1-2,4-5,7-8H2. The maximum Gasteiger partial charge on any atom is 0.107 e. The lowest BCUT2D eigenvalue weighted by atomic mass is 9.96. The second-order valence-electron chi connectivity index (χ2n) is 4.80. The molecule has 1 atom stereocenters. The first kappa shape index (κ1) is 10.7. The SMILES string of the molecule is c1cc2c(cn1)ncn2CCC1CCCNC1. The van der Waals surface area contributed by atoms with Crippen LogP contribution in [-0.4, -0.2) is 27.6 Å². The summed E-state index contributed by atoms with van der Waals surface area (Å²) in [5, 5.41) is 3.47. The Bertz CT molecular complexity index is 485. The molecule has 0 radical (unpaired) electrons. The molecule has 0 bridgehead atoms. The van der Waals surface area contributed by atoms with Gasteiger partial charge in [0.25, 0.3) is 0 Å². The van der Waals surface area contributed by atoms with Crippen LogP contribution in [0.3, 0.4) is 0 Å². The van der Waals surface area contributed by atoms with E-state index in [9.17, 15) is 0 Å². The van der Waals surface area contributed by atoms with Gasteiger partial charge in [0.05, 0.1) is 18.0 Å². The van der Waals surface area contributed by atoms with Crippen molar-refractivity contribution in [3.05, 3.63) is 24.8 Å². The third kappa shape index (κ3) is 2.31. The molecule has 1 aliphatic heterocycles. The molecule has 4 nitrogen and oxygen atoms in total. The zero-order valence-electron chi connectivity index (χ0n) is 9.97. The van der Waals surface area contributed by atoms with E-state index in [0.717, 1.165) is 18.0 Å². The van der Waals surface area contributed by atoms with Gasteiger partial charge in [-0.25, -0.2) is 4.98 Å². The Morgan fingerprint density at radius 2 is 2.47 bits per heavy atom. The Hall–Kier alpha value is -1.42. The van der Waals surface area contributed by atoms with E-state index in [2.05, 4.69) is 19.9 Å². The van der Waals surface area contributed by atoms with Gasteiger partial charge in [-0.05, 0) is 44.3 Å². The molecule has 1 fully saturated rings. The highest BCUT2D eigenvalue weighted by molar-refractivity contribution is 5.73. The molecule has 1 aliphatic rings. The van der Waals surface area contributed by atoms with Crippen LogP contribution in [0.25, 0.3) is 11.0 Å². The van der Waals surface area contributed by atoms with Gasteiger partial charge >= 0.3 is 0 Å². The number of nitrogens with one attached hydrogen (secondary N) is 1. The van der Waals surface area contributed by atoms with Gasteiger partial charge in [-0.3, -0.25) is 4.98 Å². The van der Waals surface area contributed by atoms with Crippen LogP contribution < -0.4 is 5.32 Å². The number of aryl methyl sites for hydroxylation is 1. The van der Waals surface area contributed by atoms with Crippen LogP contribution >= 0.6 is 0 Å². The minimum Gasteiger partial charge on any atom is -0.330 e. The van der Waals surface area contributed by atoms with Crippen LogP contribution in [0.4, 0.5) is 0 Å². The predicted molar refractivity (Wildman–Crippen MR) is 67.7 cm³/mol. The highest BCUT2D eigenvalue weighted by Gasteiger charge is 2.13. The van der Waals surface area contributed by atoms with E-state index in [1.165, 1.54) is 37.9 Å². The summed E-state index contributed by atoms with van der Waals surface area (Å²) in [4.78, 5) is 8.46. The van der Waals surface area contributed by atoms with Crippen LogP contribution in [0.2, 0.25) is 0 Å². The normalized spacial score (nSPS) is 20.8. The molecule has 3 heterocycles. The van der Waals surface area contributed by atoms with Crippen LogP contribution in [0.15, 0.2) is 24.8 Å². The van der Waals surface area contributed by atoms with Crippen molar-refractivity contribution in [1.29, 1.82) is 0 Å². The molecule has 90 valence electrons. The number of piperidine rings is 1. The van der Waals surface area contributed by atoms with E-state index in [4.69, 9.17) is 0 Å². The van der Waals surface area contributed by atoms with Gasteiger partial charge < -0.3 is 9.88 Å². The summed E-state index contributed by atoms with van der Waals surface area (Å²) >= 11 is 0. The molecule has 0 aromatic carbocycles. The second-order valence-corrected chi connectivity index (χ2v) is 4.80. The Morgan fingerprint density at radius 3 is 3.35 bits per heavy atom. The zero-order valence-corrected chi connectivity index (χ0v) is 9.97. The molecule has 2 aromatic rings. The van der Waals surface area contributed by atoms with Crippen molar-refractivity contribution in [2.75, 3.05) is 13.1 Å². The zero-order chi connectivity index (χ0) is 11.5. The summed E-state index contributed by atoms with van der Waals surface area (Å²) in [6.07, 6.45) is 9.51. The number of hydrogen-bond donors (Lipinski definition) is 1. The molecule has 0 amide bonds. The first-order valence-corrected chi connectivity index (χ1v) is 6.39. The van der Waals surface area contributed by atoms with Crippen molar-refractivity contribution < 1.29 is 0 Å². The molecule has 0 saturated carbocycles. The number of pyridine rings is 1. The molecule has 1 saturated heterocycles. The summed E-state index contributed by atoms with van der Waals surface area (Å²) in [5.41, 5.74) is 2.19. The van der Waals surface area contributed by atoms with Crippen molar-refractivity contribution in [1.82, 2.24) is 19.9 Å². The quantitative estimate of drug-likeness (QED) is 0.874. The maximum absolute atomic E-state index is 4.37. The Morgan fingerprint density at radius 1 is 1.47 bits per heavy atom. The van der Waals surface area contributed by atoms with Gasteiger partial charge in [-0.1, -0.05) is 0 Å². The van der Waals surface area contributed by atoms with E-state index in [-0.39, 0.29) is 0 Å². The topological polar surface area (TPSA) is 42.7 Å². The molecule has 1 N–H and O–H groups in total. The molecular formula is C13H18N4. The van der Waals surface area contributed by atoms with Crippen LogP contribution in [0, 0.1) is 5.92 Å². The molecule has 1 unspecified atom stereocenters. The summed E-state index contributed by atoms with van der Waals surface area (Å²) < 4.78 is 2.24. The highest BCUT2D eigenvalue weighted by atomic mass is 15.0. The van der Waals surface area contributed by atoms with Gasteiger partial charge in [-0.15, -0.1) is 0 Å². The third-order valence-corrected chi connectivity index (χ3v) is 3.60. The average molecular weight is 230 g/mol. The number of rotatable bonds is 3. The lowest BCUT2D eigenvalue weighted by Gasteiger charge is -2.22. The van der Waals surface area contributed by atoms with E-state index < -0.39 is 0 Å². The molecular weight excluding hydrogens is 212 g/mol. The average Bonchev–Trinajstić information content (AvgIpc) is 2.81. The van der Waals surface area contributed by atoms with Crippen molar-refractivity contribution >= 4 is 11.0 Å². The van der Waals surface area contributed by atoms with Crippen LogP contribution in [0.5, 0.6) is 0 Å². The van der Waals surface area contributed by atoms with Crippen molar-refractivity contribution in [2.24, 2.45) is 5.92 Å². The lowest BCUT2D eigenvalue weighted by molar-refractivity contribution is 0.343. The molecule has 3 rings (SSSR count). The lowest BCUT2D eigenvalue weighted by Crippen LogP contribution is -2.30. The van der Waals surface area contributed by atoms with Crippen LogP contribution in [-0.2, 0) is 6.54 Å². The van der Waals surface area contributed by atoms with Crippen molar-refractivity contribution in [3.63, 3.8) is 0 Å². The van der Waals surface area contributed by atoms with Crippen molar-refractivity contribution in [3.8, 4) is 0 Å². The summed E-state index contributed by atoms with van der Waals surface area (Å²) in [5.74, 6) is 0.822. The van der Waals surface area contributed by atoms with Gasteiger partial charge in [0.1, 0.15) is 5.52 Å².